The van der Waals surface area contributed by atoms with Crippen LogP contribution in [-0.2, 0) is 18.9 Å². The largest absolute Gasteiger partial charge is 0.354 e. The molecule has 0 aromatic carbocycles. The molecule has 0 aromatic rings. The first-order chi connectivity index (χ1) is 9.73. The lowest BCUT2D eigenvalue weighted by molar-refractivity contribution is -0.0894. The van der Waals surface area contributed by atoms with Crippen molar-refractivity contribution in [1.29, 1.82) is 0 Å². The Labute approximate surface area is 137 Å². The summed E-state index contributed by atoms with van der Waals surface area (Å²) in [6.07, 6.45) is -0.208. The van der Waals surface area contributed by atoms with E-state index in [1.165, 1.54) is 0 Å². The minimum absolute atomic E-state index is 0.104. The Balaban J connectivity index is 1.58. The van der Waals surface area contributed by atoms with Crippen molar-refractivity contribution in [3.8, 4) is 0 Å². The number of hydrogen-bond acceptors (Lipinski definition) is 8. The van der Waals surface area contributed by atoms with Gasteiger partial charge in [0.05, 0.1) is 0 Å². The van der Waals surface area contributed by atoms with Crippen LogP contribution in [0.5, 0.6) is 0 Å². The summed E-state index contributed by atoms with van der Waals surface area (Å²) in [6, 6.07) is 0. The second-order valence-corrected chi connectivity index (χ2v) is 10.7. The van der Waals surface area contributed by atoms with Crippen LogP contribution in [0.25, 0.3) is 0 Å². The maximum atomic E-state index is 5.41. The van der Waals surface area contributed by atoms with Crippen LogP contribution in [0.4, 0.5) is 0 Å². The van der Waals surface area contributed by atoms with Gasteiger partial charge in [0.1, 0.15) is 9.16 Å². The van der Waals surface area contributed by atoms with Crippen molar-refractivity contribution < 1.29 is 18.9 Å². The zero-order valence-corrected chi connectivity index (χ0v) is 15.2. The van der Waals surface area contributed by atoms with Crippen LogP contribution in [0.2, 0.25) is 0 Å². The summed E-state index contributed by atoms with van der Waals surface area (Å²) in [5.41, 5.74) is 0. The summed E-state index contributed by atoms with van der Waals surface area (Å²) in [6.45, 7) is 0. The monoisotopic (exact) mass is 356 g/mol. The quantitative estimate of drug-likeness (QED) is 0.671. The summed E-state index contributed by atoms with van der Waals surface area (Å²) < 4.78 is 22.4. The molecule has 2 aliphatic heterocycles. The lowest BCUT2D eigenvalue weighted by Crippen LogP contribution is -2.52. The standard InChI is InChI=1S/C12H20O4S4/c1-13-9(14-2)11-17-5-6(18-11)8-7(5)19-12(20-8)10(15-3)16-4/h5-12H,1-4H3. The average molecular weight is 357 g/mol. The fourth-order valence-electron chi connectivity index (χ4n) is 2.80. The van der Waals surface area contributed by atoms with Crippen LogP contribution >= 0.6 is 47.0 Å². The van der Waals surface area contributed by atoms with E-state index < -0.39 is 0 Å². The van der Waals surface area contributed by atoms with Crippen molar-refractivity contribution in [2.45, 2.75) is 42.7 Å². The number of ether oxygens (including phenoxy) is 4. The lowest BCUT2D eigenvalue weighted by Gasteiger charge is -2.41. The summed E-state index contributed by atoms with van der Waals surface area (Å²) in [5.74, 6) is 0. The molecule has 3 fully saturated rings. The van der Waals surface area contributed by atoms with Gasteiger partial charge in [-0.25, -0.2) is 0 Å². The van der Waals surface area contributed by atoms with Gasteiger partial charge in [-0.05, 0) is 0 Å². The third-order valence-corrected chi connectivity index (χ3v) is 11.4. The molecule has 0 aromatic heterocycles. The third kappa shape index (κ3) is 2.64. The van der Waals surface area contributed by atoms with Gasteiger partial charge in [0.2, 0.25) is 0 Å². The van der Waals surface area contributed by atoms with E-state index in [1.807, 2.05) is 47.0 Å². The van der Waals surface area contributed by atoms with Crippen LogP contribution in [0, 0.1) is 0 Å². The molecule has 1 saturated carbocycles. The molecule has 8 heteroatoms. The molecule has 0 N–H and O–H groups in total. The van der Waals surface area contributed by atoms with Crippen molar-refractivity contribution >= 4 is 47.0 Å². The van der Waals surface area contributed by atoms with Gasteiger partial charge in [-0.15, -0.1) is 47.0 Å². The second-order valence-electron chi connectivity index (χ2n) is 4.82. The van der Waals surface area contributed by atoms with Crippen LogP contribution < -0.4 is 0 Å². The number of fused-ring (bicyclic) bond motifs is 4. The van der Waals surface area contributed by atoms with E-state index in [0.717, 1.165) is 0 Å². The van der Waals surface area contributed by atoms with E-state index in [9.17, 15) is 0 Å². The predicted molar refractivity (Wildman–Crippen MR) is 88.7 cm³/mol. The Bertz CT molecular complexity index is 279. The highest BCUT2D eigenvalue weighted by Crippen LogP contribution is 2.67. The van der Waals surface area contributed by atoms with E-state index in [0.29, 0.717) is 30.2 Å². The topological polar surface area (TPSA) is 36.9 Å². The molecular formula is C12H20O4S4. The van der Waals surface area contributed by atoms with Gasteiger partial charge in [0.25, 0.3) is 0 Å². The van der Waals surface area contributed by atoms with Gasteiger partial charge in [0, 0.05) is 49.4 Å². The average Bonchev–Trinajstić information content (AvgIpc) is 3.01. The molecule has 0 unspecified atom stereocenters. The first-order valence-electron chi connectivity index (χ1n) is 6.46. The fourth-order valence-corrected chi connectivity index (χ4v) is 12.0. The van der Waals surface area contributed by atoms with E-state index in [2.05, 4.69) is 0 Å². The molecule has 20 heavy (non-hydrogen) atoms. The molecule has 1 aliphatic carbocycles. The Hall–Kier alpha value is 1.24. The smallest absolute Gasteiger partial charge is 0.177 e. The molecule has 3 rings (SSSR count). The Morgan fingerprint density at radius 3 is 1.00 bits per heavy atom. The van der Waals surface area contributed by atoms with E-state index in [4.69, 9.17) is 18.9 Å². The van der Waals surface area contributed by atoms with E-state index in [1.54, 1.807) is 28.4 Å². The molecule has 0 radical (unpaired) electrons. The summed E-state index contributed by atoms with van der Waals surface area (Å²) in [5, 5.41) is 2.83. The molecule has 0 amide bonds. The maximum Gasteiger partial charge on any atom is 0.177 e. The summed E-state index contributed by atoms with van der Waals surface area (Å²) in [4.78, 5) is 0. The first-order valence-corrected chi connectivity index (χ1v) is 10.2. The minimum Gasteiger partial charge on any atom is -0.354 e. The molecule has 2 heterocycles. The van der Waals surface area contributed by atoms with Crippen LogP contribution in [0.15, 0.2) is 0 Å². The minimum atomic E-state index is -0.104. The van der Waals surface area contributed by atoms with Gasteiger partial charge in [-0.3, -0.25) is 0 Å². The van der Waals surface area contributed by atoms with Gasteiger partial charge < -0.3 is 18.9 Å². The van der Waals surface area contributed by atoms with Crippen molar-refractivity contribution in [3.05, 3.63) is 0 Å². The van der Waals surface area contributed by atoms with Gasteiger partial charge in [0.15, 0.2) is 12.6 Å². The van der Waals surface area contributed by atoms with Crippen LogP contribution in [-0.4, -0.2) is 71.2 Å². The van der Waals surface area contributed by atoms with Crippen molar-refractivity contribution in [2.75, 3.05) is 28.4 Å². The Morgan fingerprint density at radius 1 is 0.550 bits per heavy atom. The Kier molecular flexibility index (Phi) is 5.46. The number of methoxy groups -OCH3 is 4. The third-order valence-electron chi connectivity index (χ3n) is 3.83. The van der Waals surface area contributed by atoms with Crippen LogP contribution in [0.3, 0.4) is 0 Å². The molecular weight excluding hydrogens is 336 g/mol. The van der Waals surface area contributed by atoms with Gasteiger partial charge in [-0.2, -0.15) is 0 Å². The lowest BCUT2D eigenvalue weighted by atomic mass is 9.97. The molecule has 116 valence electrons. The molecule has 3 aliphatic rings. The molecule has 2 saturated heterocycles. The highest BCUT2D eigenvalue weighted by atomic mass is 32.2. The molecule has 0 bridgehead atoms. The fraction of sp³-hybridized carbons (Fsp3) is 1.00. The summed E-state index contributed by atoms with van der Waals surface area (Å²) >= 11 is 8.08. The van der Waals surface area contributed by atoms with E-state index in [-0.39, 0.29) is 12.6 Å². The zero-order valence-electron chi connectivity index (χ0n) is 11.9. The first kappa shape index (κ1) is 16.1. The van der Waals surface area contributed by atoms with Gasteiger partial charge in [-0.1, -0.05) is 0 Å². The number of thioether (sulfide) groups is 4. The molecule has 0 atom stereocenters. The van der Waals surface area contributed by atoms with Crippen molar-refractivity contribution in [2.24, 2.45) is 0 Å². The number of hydrogen-bond donors (Lipinski definition) is 0. The highest BCUT2D eigenvalue weighted by Gasteiger charge is 2.63. The van der Waals surface area contributed by atoms with E-state index >= 15 is 0 Å². The van der Waals surface area contributed by atoms with Crippen molar-refractivity contribution in [1.82, 2.24) is 0 Å². The molecule has 4 nitrogen and oxygen atoms in total. The summed E-state index contributed by atoms with van der Waals surface area (Å²) in [7, 11) is 6.88. The normalized spacial score (nSPS) is 42.9. The maximum absolute atomic E-state index is 5.41. The van der Waals surface area contributed by atoms with Crippen LogP contribution in [0.1, 0.15) is 0 Å². The predicted octanol–water partition coefficient (Wildman–Crippen LogP) is 2.32. The zero-order chi connectivity index (χ0) is 14.3. The SMILES string of the molecule is COC(OC)C1SC2C(S1)C1SC(C(OC)OC)SC21. The second kappa shape index (κ2) is 6.78. The van der Waals surface area contributed by atoms with Gasteiger partial charge >= 0.3 is 0 Å². The molecule has 0 spiro atoms. The Morgan fingerprint density at radius 2 is 0.800 bits per heavy atom. The number of rotatable bonds is 6. The van der Waals surface area contributed by atoms with Crippen molar-refractivity contribution in [3.63, 3.8) is 0 Å². The highest BCUT2D eigenvalue weighted by molar-refractivity contribution is 8.26.